The molecular formula is C33H33F5N6O4. The van der Waals surface area contributed by atoms with Crippen LogP contribution in [0.4, 0.5) is 33.5 Å². The highest BCUT2D eigenvalue weighted by molar-refractivity contribution is 6.13. The van der Waals surface area contributed by atoms with Crippen molar-refractivity contribution in [2.45, 2.75) is 50.4 Å². The second kappa shape index (κ2) is 13.8. The number of hydrogen-bond acceptors (Lipinski definition) is 7. The fourth-order valence-electron chi connectivity index (χ4n) is 6.16. The molecule has 2 N–H and O–H groups in total. The van der Waals surface area contributed by atoms with E-state index in [-0.39, 0.29) is 72.6 Å². The first-order valence-electron chi connectivity index (χ1n) is 15.5. The fourth-order valence-corrected chi connectivity index (χ4v) is 6.16. The van der Waals surface area contributed by atoms with E-state index in [2.05, 4.69) is 25.4 Å². The number of carbonyl (C=O) groups is 2. The van der Waals surface area contributed by atoms with Crippen LogP contribution in [0.3, 0.4) is 0 Å². The zero-order chi connectivity index (χ0) is 34.0. The summed E-state index contributed by atoms with van der Waals surface area (Å²) in [6.07, 6.45) is -3.31. The summed E-state index contributed by atoms with van der Waals surface area (Å²) < 4.78 is 80.5. The summed E-state index contributed by atoms with van der Waals surface area (Å²) in [6.45, 7) is 1.75. The molecule has 0 unspecified atom stereocenters. The lowest BCUT2D eigenvalue weighted by Crippen LogP contribution is -2.50. The molecule has 254 valence electrons. The minimum absolute atomic E-state index is 0.0383. The van der Waals surface area contributed by atoms with Crippen molar-refractivity contribution in [1.82, 2.24) is 20.1 Å². The maximum atomic E-state index is 14.1. The second-order valence-corrected chi connectivity index (χ2v) is 12.0. The van der Waals surface area contributed by atoms with Crippen molar-refractivity contribution in [3.05, 3.63) is 76.9 Å². The quantitative estimate of drug-likeness (QED) is 0.223. The molecule has 2 aliphatic heterocycles. The number of benzene rings is 2. The van der Waals surface area contributed by atoms with Crippen LogP contribution in [0.15, 0.2) is 48.5 Å². The van der Waals surface area contributed by atoms with Gasteiger partial charge < -0.3 is 24.6 Å². The molecule has 2 aromatic heterocycles. The van der Waals surface area contributed by atoms with Crippen molar-refractivity contribution in [3.63, 3.8) is 0 Å². The van der Waals surface area contributed by atoms with Crippen LogP contribution in [-0.2, 0) is 16.1 Å². The van der Waals surface area contributed by atoms with Gasteiger partial charge in [-0.05, 0) is 93.2 Å². The number of aromatic amines is 1. The van der Waals surface area contributed by atoms with E-state index in [0.29, 0.717) is 10.4 Å². The number of aromatic nitrogens is 3. The van der Waals surface area contributed by atoms with Crippen LogP contribution in [0, 0.1) is 11.6 Å². The number of nitrogens with zero attached hydrogens (tertiary/aromatic N) is 4. The summed E-state index contributed by atoms with van der Waals surface area (Å²) >= 11 is 0. The Labute approximate surface area is 272 Å². The highest BCUT2D eigenvalue weighted by Crippen LogP contribution is 2.37. The SMILES string of the molecule is CN1CCC(c2ccc(C(=O)Nc3n[nH]c4ccc(OCc5cc(F)cc(F)c5)nc34)c(N(C(=O)C(F)(F)F)C3CCOCC3)c2)CC1. The van der Waals surface area contributed by atoms with E-state index in [9.17, 15) is 31.5 Å². The number of ether oxygens (including phenoxy) is 2. The molecular weight excluding hydrogens is 639 g/mol. The van der Waals surface area contributed by atoms with Gasteiger partial charge in [-0.25, -0.2) is 13.8 Å². The van der Waals surface area contributed by atoms with E-state index < -0.39 is 35.7 Å². The number of pyridine rings is 1. The van der Waals surface area contributed by atoms with E-state index in [1.54, 1.807) is 12.1 Å². The van der Waals surface area contributed by atoms with Crippen LogP contribution < -0.4 is 15.0 Å². The molecule has 0 atom stereocenters. The van der Waals surface area contributed by atoms with Crippen LogP contribution >= 0.6 is 0 Å². The minimum Gasteiger partial charge on any atom is -0.473 e. The maximum absolute atomic E-state index is 14.1. The normalized spacial score (nSPS) is 16.6. The molecule has 0 bridgehead atoms. The van der Waals surface area contributed by atoms with E-state index in [4.69, 9.17) is 9.47 Å². The summed E-state index contributed by atoms with van der Waals surface area (Å²) in [4.78, 5) is 34.2. The Morgan fingerprint density at radius 1 is 1.02 bits per heavy atom. The van der Waals surface area contributed by atoms with Gasteiger partial charge in [0.25, 0.3) is 5.91 Å². The van der Waals surface area contributed by atoms with E-state index in [0.717, 1.165) is 49.7 Å². The number of amides is 2. The molecule has 2 fully saturated rings. The van der Waals surface area contributed by atoms with Crippen molar-refractivity contribution in [2.75, 3.05) is 43.6 Å². The molecule has 2 aromatic carbocycles. The molecule has 10 nitrogen and oxygen atoms in total. The highest BCUT2D eigenvalue weighted by Gasteiger charge is 2.46. The number of fused-ring (bicyclic) bond motifs is 1. The van der Waals surface area contributed by atoms with Gasteiger partial charge in [-0.15, -0.1) is 0 Å². The van der Waals surface area contributed by atoms with Crippen LogP contribution in [0.5, 0.6) is 5.88 Å². The van der Waals surface area contributed by atoms with Gasteiger partial charge in [0.1, 0.15) is 23.8 Å². The number of hydrogen-bond donors (Lipinski definition) is 2. The molecule has 0 radical (unpaired) electrons. The van der Waals surface area contributed by atoms with Gasteiger partial charge in [0.05, 0.1) is 16.8 Å². The van der Waals surface area contributed by atoms with Crippen LogP contribution in [0.25, 0.3) is 11.0 Å². The Hall–Kier alpha value is -4.63. The molecule has 4 aromatic rings. The van der Waals surface area contributed by atoms with Crippen molar-refractivity contribution in [1.29, 1.82) is 0 Å². The second-order valence-electron chi connectivity index (χ2n) is 12.0. The van der Waals surface area contributed by atoms with Crippen molar-refractivity contribution < 1.29 is 41.0 Å². The van der Waals surface area contributed by atoms with Crippen molar-refractivity contribution in [2.24, 2.45) is 0 Å². The number of nitrogens with one attached hydrogen (secondary N) is 2. The lowest BCUT2D eigenvalue weighted by molar-refractivity contribution is -0.171. The largest absolute Gasteiger partial charge is 0.473 e. The number of halogens is 5. The van der Waals surface area contributed by atoms with Crippen molar-refractivity contribution in [3.8, 4) is 5.88 Å². The first-order chi connectivity index (χ1) is 23.0. The number of alkyl halides is 3. The molecule has 0 aliphatic carbocycles. The molecule has 2 amide bonds. The van der Waals surface area contributed by atoms with Gasteiger partial charge >= 0.3 is 12.1 Å². The summed E-state index contributed by atoms with van der Waals surface area (Å²) in [6, 6.07) is 9.91. The Bertz CT molecular complexity index is 1780. The van der Waals surface area contributed by atoms with E-state index in [1.165, 1.54) is 18.2 Å². The number of piperidine rings is 1. The topological polar surface area (TPSA) is 113 Å². The van der Waals surface area contributed by atoms with Gasteiger partial charge in [0, 0.05) is 31.4 Å². The number of H-pyrrole nitrogens is 1. The van der Waals surface area contributed by atoms with Crippen LogP contribution in [0.1, 0.15) is 53.1 Å². The maximum Gasteiger partial charge on any atom is 0.471 e. The molecule has 48 heavy (non-hydrogen) atoms. The molecule has 0 spiro atoms. The number of rotatable bonds is 8. The standard InChI is InChI=1S/C33H33F5N6O4/c1-43-10-6-20(7-11-43)21-2-3-25(27(16-21)44(32(46)33(36,37)38)24-8-12-47-13-9-24)31(45)40-30-29-26(41-42-30)4-5-28(39-29)48-18-19-14-22(34)17-23(35)15-19/h2-5,14-17,20,24H,6-13,18H2,1H3,(H2,40,41,42,45). The molecule has 4 heterocycles. The lowest BCUT2D eigenvalue weighted by Gasteiger charge is -2.36. The van der Waals surface area contributed by atoms with E-state index in [1.807, 2.05) is 7.05 Å². The van der Waals surface area contributed by atoms with Crippen LogP contribution in [-0.4, -0.2) is 77.5 Å². The first kappa shape index (κ1) is 33.3. The summed E-state index contributed by atoms with van der Waals surface area (Å²) in [5.41, 5.74) is 1.26. The van der Waals surface area contributed by atoms with Crippen LogP contribution in [0.2, 0.25) is 0 Å². The third-order valence-electron chi connectivity index (χ3n) is 8.66. The highest BCUT2D eigenvalue weighted by atomic mass is 19.4. The van der Waals surface area contributed by atoms with Crippen molar-refractivity contribution >= 4 is 34.4 Å². The van der Waals surface area contributed by atoms with Gasteiger partial charge in [-0.1, -0.05) is 6.07 Å². The monoisotopic (exact) mass is 672 g/mol. The zero-order valence-corrected chi connectivity index (χ0v) is 25.9. The summed E-state index contributed by atoms with van der Waals surface area (Å²) in [5, 5.41) is 9.48. The number of carbonyl (C=O) groups excluding carboxylic acids is 2. The lowest BCUT2D eigenvalue weighted by atomic mass is 9.88. The molecule has 2 aliphatic rings. The Morgan fingerprint density at radius 3 is 2.42 bits per heavy atom. The Morgan fingerprint density at radius 2 is 1.73 bits per heavy atom. The third-order valence-corrected chi connectivity index (χ3v) is 8.66. The van der Waals surface area contributed by atoms with Gasteiger partial charge in [0.2, 0.25) is 5.88 Å². The van der Waals surface area contributed by atoms with Gasteiger partial charge in [0.15, 0.2) is 5.82 Å². The first-order valence-corrected chi connectivity index (χ1v) is 15.5. The third kappa shape index (κ3) is 7.41. The molecule has 15 heteroatoms. The number of anilines is 2. The zero-order valence-electron chi connectivity index (χ0n) is 25.9. The van der Waals surface area contributed by atoms with E-state index >= 15 is 0 Å². The predicted octanol–water partition coefficient (Wildman–Crippen LogP) is 5.95. The smallest absolute Gasteiger partial charge is 0.471 e. The van der Waals surface area contributed by atoms with Gasteiger partial charge in [-0.2, -0.15) is 18.3 Å². The van der Waals surface area contributed by atoms with Gasteiger partial charge in [-0.3, -0.25) is 14.7 Å². The Kier molecular flexibility index (Phi) is 9.60. The Balaban J connectivity index is 1.33. The average Bonchev–Trinajstić information content (AvgIpc) is 3.45. The summed E-state index contributed by atoms with van der Waals surface area (Å²) in [5.74, 6) is -4.32. The molecule has 2 saturated heterocycles. The minimum atomic E-state index is -5.19. The number of likely N-dealkylation sites (tertiary alicyclic amines) is 1. The summed E-state index contributed by atoms with van der Waals surface area (Å²) in [7, 11) is 2.00. The molecule has 0 saturated carbocycles. The fraction of sp³-hybridized carbons (Fsp3) is 0.394. The predicted molar refractivity (Wildman–Crippen MR) is 166 cm³/mol. The average molecular weight is 673 g/mol. The molecule has 6 rings (SSSR count).